The van der Waals surface area contributed by atoms with Crippen molar-refractivity contribution in [2.45, 2.75) is 33.2 Å². The highest BCUT2D eigenvalue weighted by Crippen LogP contribution is 2.25. The van der Waals surface area contributed by atoms with E-state index in [0.717, 1.165) is 12.1 Å². The van der Waals surface area contributed by atoms with Gasteiger partial charge in [0.1, 0.15) is 0 Å². The van der Waals surface area contributed by atoms with Crippen molar-refractivity contribution in [3.63, 3.8) is 0 Å². The van der Waals surface area contributed by atoms with Crippen LogP contribution < -0.4 is 5.32 Å². The summed E-state index contributed by atoms with van der Waals surface area (Å²) < 4.78 is 0. The van der Waals surface area contributed by atoms with E-state index >= 15 is 0 Å². The van der Waals surface area contributed by atoms with Crippen molar-refractivity contribution in [2.75, 3.05) is 5.32 Å². The lowest BCUT2D eigenvalue weighted by Crippen LogP contribution is -2.24. The molecular formula is C13H17ClN2. The Bertz CT molecular complexity index is 393. The normalized spacial score (nSPS) is 12.2. The minimum Gasteiger partial charge on any atom is -0.381 e. The van der Waals surface area contributed by atoms with Gasteiger partial charge in [0.15, 0.2) is 0 Å². The van der Waals surface area contributed by atoms with Gasteiger partial charge in [-0.1, -0.05) is 32.4 Å². The van der Waals surface area contributed by atoms with Crippen molar-refractivity contribution in [3.05, 3.63) is 28.8 Å². The summed E-state index contributed by atoms with van der Waals surface area (Å²) in [6, 6.07) is 7.78. The molecule has 0 spiro atoms. The van der Waals surface area contributed by atoms with Crippen LogP contribution in [0.5, 0.6) is 0 Å². The van der Waals surface area contributed by atoms with Gasteiger partial charge in [0.2, 0.25) is 0 Å². The number of rotatable bonds is 4. The van der Waals surface area contributed by atoms with E-state index in [-0.39, 0.29) is 0 Å². The zero-order valence-corrected chi connectivity index (χ0v) is 10.7. The zero-order valence-electron chi connectivity index (χ0n) is 9.92. The fourth-order valence-corrected chi connectivity index (χ4v) is 1.82. The number of halogens is 1. The van der Waals surface area contributed by atoms with Crippen LogP contribution in [0.15, 0.2) is 18.2 Å². The lowest BCUT2D eigenvalue weighted by atomic mass is 10.0. The van der Waals surface area contributed by atoms with Gasteiger partial charge in [-0.15, -0.1) is 0 Å². The Morgan fingerprint density at radius 1 is 1.44 bits per heavy atom. The van der Waals surface area contributed by atoms with E-state index in [1.807, 2.05) is 0 Å². The van der Waals surface area contributed by atoms with E-state index in [2.05, 4.69) is 32.2 Å². The summed E-state index contributed by atoms with van der Waals surface area (Å²) in [5, 5.41) is 12.9. The Morgan fingerprint density at radius 2 is 2.12 bits per heavy atom. The topological polar surface area (TPSA) is 35.8 Å². The van der Waals surface area contributed by atoms with Gasteiger partial charge in [-0.05, 0) is 30.5 Å². The first kappa shape index (κ1) is 12.9. The first-order valence-corrected chi connectivity index (χ1v) is 5.92. The predicted molar refractivity (Wildman–Crippen MR) is 68.7 cm³/mol. The molecule has 1 atom stereocenters. The van der Waals surface area contributed by atoms with Crippen LogP contribution in [0.25, 0.3) is 0 Å². The number of nitrogens with one attached hydrogen (secondary N) is 1. The lowest BCUT2D eigenvalue weighted by molar-refractivity contribution is 0.511. The van der Waals surface area contributed by atoms with Crippen LogP contribution in [-0.2, 0) is 0 Å². The SMILES string of the molecule is CCC(Nc1cc(C#N)ccc1Cl)C(C)C. The summed E-state index contributed by atoms with van der Waals surface area (Å²) in [6.45, 7) is 6.48. The Balaban J connectivity index is 2.91. The molecule has 1 unspecified atom stereocenters. The second-order valence-corrected chi connectivity index (χ2v) is 4.62. The van der Waals surface area contributed by atoms with Gasteiger partial charge >= 0.3 is 0 Å². The van der Waals surface area contributed by atoms with Gasteiger partial charge in [0, 0.05) is 6.04 Å². The smallest absolute Gasteiger partial charge is 0.0992 e. The van der Waals surface area contributed by atoms with Crippen molar-refractivity contribution >= 4 is 17.3 Å². The fraction of sp³-hybridized carbons (Fsp3) is 0.462. The highest BCUT2D eigenvalue weighted by atomic mass is 35.5. The average Bonchev–Trinajstić information content (AvgIpc) is 2.27. The Morgan fingerprint density at radius 3 is 2.62 bits per heavy atom. The summed E-state index contributed by atoms with van der Waals surface area (Å²) >= 11 is 6.09. The molecule has 3 heteroatoms. The maximum absolute atomic E-state index is 8.83. The number of hydrogen-bond acceptors (Lipinski definition) is 2. The van der Waals surface area contributed by atoms with E-state index in [1.54, 1.807) is 18.2 Å². The third-order valence-corrected chi connectivity index (χ3v) is 3.01. The molecule has 0 radical (unpaired) electrons. The molecular weight excluding hydrogens is 220 g/mol. The molecule has 0 aliphatic heterocycles. The van der Waals surface area contributed by atoms with Crippen molar-refractivity contribution in [2.24, 2.45) is 5.92 Å². The van der Waals surface area contributed by atoms with Crippen molar-refractivity contribution in [1.29, 1.82) is 5.26 Å². The summed E-state index contributed by atoms with van der Waals surface area (Å²) in [4.78, 5) is 0. The summed E-state index contributed by atoms with van der Waals surface area (Å²) in [7, 11) is 0. The van der Waals surface area contributed by atoms with Crippen LogP contribution in [0.1, 0.15) is 32.8 Å². The number of nitrogens with zero attached hydrogens (tertiary/aromatic N) is 1. The molecule has 0 fully saturated rings. The van der Waals surface area contributed by atoms with Gasteiger partial charge < -0.3 is 5.32 Å². The third kappa shape index (κ3) is 3.15. The zero-order chi connectivity index (χ0) is 12.1. The molecule has 1 N–H and O–H groups in total. The number of benzene rings is 1. The van der Waals surface area contributed by atoms with Crippen molar-refractivity contribution in [3.8, 4) is 6.07 Å². The highest BCUT2D eigenvalue weighted by Gasteiger charge is 2.12. The molecule has 0 bridgehead atoms. The minimum atomic E-state index is 0.381. The molecule has 0 aliphatic carbocycles. The first-order valence-electron chi connectivity index (χ1n) is 5.54. The Kier molecular flexibility index (Phi) is 4.64. The molecule has 1 rings (SSSR count). The van der Waals surface area contributed by atoms with Crippen molar-refractivity contribution < 1.29 is 0 Å². The molecule has 86 valence electrons. The summed E-state index contributed by atoms with van der Waals surface area (Å²) in [5.41, 5.74) is 1.48. The first-order chi connectivity index (χ1) is 7.58. The monoisotopic (exact) mass is 236 g/mol. The van der Waals surface area contributed by atoms with Gasteiger partial charge in [-0.25, -0.2) is 0 Å². The molecule has 0 aliphatic rings. The molecule has 2 nitrogen and oxygen atoms in total. The standard InChI is InChI=1S/C13H17ClN2/c1-4-12(9(2)3)16-13-7-10(8-15)5-6-11(13)14/h5-7,9,12,16H,4H2,1-3H3. The van der Waals surface area contributed by atoms with E-state index < -0.39 is 0 Å². The maximum atomic E-state index is 8.83. The largest absolute Gasteiger partial charge is 0.381 e. The molecule has 0 saturated carbocycles. The van der Waals surface area contributed by atoms with E-state index in [0.29, 0.717) is 22.5 Å². The molecule has 0 heterocycles. The summed E-state index contributed by atoms with van der Waals surface area (Å²) in [6.07, 6.45) is 1.03. The highest BCUT2D eigenvalue weighted by molar-refractivity contribution is 6.33. The number of nitriles is 1. The number of hydrogen-bond donors (Lipinski definition) is 1. The van der Waals surface area contributed by atoms with E-state index in [4.69, 9.17) is 16.9 Å². The summed E-state index contributed by atoms with van der Waals surface area (Å²) in [5.74, 6) is 0.534. The molecule has 0 aromatic heterocycles. The average molecular weight is 237 g/mol. The molecule has 1 aromatic rings. The van der Waals surface area contributed by atoms with Gasteiger partial charge in [0.25, 0.3) is 0 Å². The van der Waals surface area contributed by atoms with Crippen LogP contribution >= 0.6 is 11.6 Å². The molecule has 16 heavy (non-hydrogen) atoms. The van der Waals surface area contributed by atoms with Crippen LogP contribution in [0.3, 0.4) is 0 Å². The quantitative estimate of drug-likeness (QED) is 0.856. The lowest BCUT2D eigenvalue weighted by Gasteiger charge is -2.22. The Labute approximate surface area is 102 Å². The predicted octanol–water partition coefficient (Wildman–Crippen LogP) is 4.06. The minimum absolute atomic E-state index is 0.381. The second-order valence-electron chi connectivity index (χ2n) is 4.21. The van der Waals surface area contributed by atoms with Gasteiger partial charge in [0.05, 0.1) is 22.3 Å². The van der Waals surface area contributed by atoms with Crippen molar-refractivity contribution in [1.82, 2.24) is 0 Å². The van der Waals surface area contributed by atoms with Crippen LogP contribution in [0.4, 0.5) is 5.69 Å². The van der Waals surface area contributed by atoms with Crippen LogP contribution in [0.2, 0.25) is 5.02 Å². The van der Waals surface area contributed by atoms with Crippen LogP contribution in [-0.4, -0.2) is 6.04 Å². The molecule has 0 saturated heterocycles. The maximum Gasteiger partial charge on any atom is 0.0992 e. The van der Waals surface area contributed by atoms with Gasteiger partial charge in [-0.3, -0.25) is 0 Å². The molecule has 0 amide bonds. The molecule has 1 aromatic carbocycles. The second kappa shape index (κ2) is 5.77. The van der Waals surface area contributed by atoms with E-state index in [1.165, 1.54) is 0 Å². The fourth-order valence-electron chi connectivity index (χ4n) is 1.65. The number of anilines is 1. The van der Waals surface area contributed by atoms with Gasteiger partial charge in [-0.2, -0.15) is 5.26 Å². The Hall–Kier alpha value is -1.20. The van der Waals surface area contributed by atoms with Crippen LogP contribution in [0, 0.1) is 17.2 Å². The third-order valence-electron chi connectivity index (χ3n) is 2.68. The van der Waals surface area contributed by atoms with E-state index in [9.17, 15) is 0 Å².